The quantitative estimate of drug-likeness (QED) is 0.859. The van der Waals surface area contributed by atoms with E-state index in [-0.39, 0.29) is 29.6 Å². The highest BCUT2D eigenvalue weighted by Crippen LogP contribution is 2.39. The van der Waals surface area contributed by atoms with E-state index in [1.54, 1.807) is 31.2 Å². The van der Waals surface area contributed by atoms with E-state index in [4.69, 9.17) is 4.74 Å². The predicted molar refractivity (Wildman–Crippen MR) is 88.4 cm³/mol. The van der Waals surface area contributed by atoms with Gasteiger partial charge >= 0.3 is 0 Å². The Morgan fingerprint density at radius 3 is 2.33 bits per heavy atom. The lowest BCUT2D eigenvalue weighted by Gasteiger charge is -2.22. The van der Waals surface area contributed by atoms with E-state index in [0.717, 1.165) is 30.6 Å². The van der Waals surface area contributed by atoms with Crippen molar-refractivity contribution in [3.63, 3.8) is 0 Å². The van der Waals surface area contributed by atoms with Crippen LogP contribution in [0.1, 0.15) is 32.6 Å². The number of para-hydroxylation sites is 2. The number of benzene rings is 1. The van der Waals surface area contributed by atoms with Crippen LogP contribution in [0.4, 0.5) is 5.69 Å². The van der Waals surface area contributed by atoms with Gasteiger partial charge in [-0.3, -0.25) is 19.3 Å². The summed E-state index contributed by atoms with van der Waals surface area (Å²) in [4.78, 5) is 38.9. The summed E-state index contributed by atoms with van der Waals surface area (Å²) in [6.07, 6.45) is 3.42. The Bertz CT molecular complexity index is 649. The number of ether oxygens (including phenoxy) is 1. The second-order valence-corrected chi connectivity index (χ2v) is 6.41. The molecular formula is C18H22N2O4. The van der Waals surface area contributed by atoms with Crippen molar-refractivity contribution in [2.24, 2.45) is 11.8 Å². The minimum absolute atomic E-state index is 0.202. The molecule has 128 valence electrons. The summed E-state index contributed by atoms with van der Waals surface area (Å²) >= 11 is 0. The molecule has 6 heteroatoms. The largest absolute Gasteiger partial charge is 0.495 e. The minimum Gasteiger partial charge on any atom is -0.495 e. The van der Waals surface area contributed by atoms with Crippen molar-refractivity contribution in [1.29, 1.82) is 0 Å². The number of hydrogen-bond acceptors (Lipinski definition) is 4. The fraction of sp³-hybridized carbons (Fsp3) is 0.500. The van der Waals surface area contributed by atoms with Gasteiger partial charge in [-0.05, 0) is 31.9 Å². The fourth-order valence-electron chi connectivity index (χ4n) is 3.67. The van der Waals surface area contributed by atoms with E-state index in [2.05, 4.69) is 5.32 Å². The van der Waals surface area contributed by atoms with Gasteiger partial charge < -0.3 is 10.1 Å². The number of nitrogens with one attached hydrogen (secondary N) is 1. The normalized spacial score (nSPS) is 24.5. The molecular weight excluding hydrogens is 308 g/mol. The molecule has 0 unspecified atom stereocenters. The molecule has 6 nitrogen and oxygen atoms in total. The lowest BCUT2D eigenvalue weighted by atomic mass is 9.81. The van der Waals surface area contributed by atoms with Crippen LogP contribution in [-0.4, -0.2) is 35.8 Å². The fourth-order valence-corrected chi connectivity index (χ4v) is 3.67. The monoisotopic (exact) mass is 330 g/mol. The number of methoxy groups -OCH3 is 1. The Labute approximate surface area is 141 Å². The highest BCUT2D eigenvalue weighted by molar-refractivity contribution is 6.10. The molecule has 0 aromatic heterocycles. The zero-order chi connectivity index (χ0) is 17.3. The summed E-state index contributed by atoms with van der Waals surface area (Å²) in [5.41, 5.74) is 0.522. The average Bonchev–Trinajstić information content (AvgIpc) is 2.86. The molecule has 2 aliphatic rings. The standard InChI is InChI=1S/C18H22N2O4/c1-11(16(21)19-14-9-5-6-10-15(14)24-2)20-17(22)12-7-3-4-8-13(12)18(20)23/h5-6,9-13H,3-4,7-8H2,1-2H3,(H,19,21)/t11-,12-,13+/m1/s1. The number of imide groups is 1. The van der Waals surface area contributed by atoms with E-state index in [1.807, 2.05) is 0 Å². The van der Waals surface area contributed by atoms with Gasteiger partial charge in [0.15, 0.2) is 0 Å². The van der Waals surface area contributed by atoms with E-state index in [9.17, 15) is 14.4 Å². The molecule has 0 spiro atoms. The number of hydrogen-bond donors (Lipinski definition) is 1. The minimum atomic E-state index is -0.833. The molecule has 3 amide bonds. The van der Waals surface area contributed by atoms with Crippen molar-refractivity contribution >= 4 is 23.4 Å². The molecule has 1 aromatic rings. The van der Waals surface area contributed by atoms with Crippen molar-refractivity contribution in [2.75, 3.05) is 12.4 Å². The molecule has 3 atom stereocenters. The number of rotatable bonds is 4. The van der Waals surface area contributed by atoms with Crippen LogP contribution in [0.25, 0.3) is 0 Å². The van der Waals surface area contributed by atoms with E-state index in [1.165, 1.54) is 7.11 Å². The van der Waals surface area contributed by atoms with Crippen LogP contribution in [0.2, 0.25) is 0 Å². The first kappa shape index (κ1) is 16.5. The third-order valence-corrected chi connectivity index (χ3v) is 5.01. The van der Waals surface area contributed by atoms with E-state index < -0.39 is 6.04 Å². The first-order valence-corrected chi connectivity index (χ1v) is 8.35. The molecule has 0 radical (unpaired) electrons. The van der Waals surface area contributed by atoms with Gasteiger partial charge in [-0.25, -0.2) is 0 Å². The SMILES string of the molecule is COc1ccccc1NC(=O)[C@@H](C)N1C(=O)[C@H]2CCCC[C@H]2C1=O. The average molecular weight is 330 g/mol. The highest BCUT2D eigenvalue weighted by atomic mass is 16.5. The van der Waals surface area contributed by atoms with Gasteiger partial charge in [0.1, 0.15) is 11.8 Å². The lowest BCUT2D eigenvalue weighted by molar-refractivity contribution is -0.146. The number of nitrogens with zero attached hydrogens (tertiary/aromatic N) is 1. The van der Waals surface area contributed by atoms with Gasteiger partial charge in [0.05, 0.1) is 24.6 Å². The molecule has 1 aromatic carbocycles. The summed E-state index contributed by atoms with van der Waals surface area (Å²) < 4.78 is 5.21. The Morgan fingerprint density at radius 2 is 1.75 bits per heavy atom. The van der Waals surface area contributed by atoms with Gasteiger partial charge in [-0.15, -0.1) is 0 Å². The lowest BCUT2D eigenvalue weighted by Crippen LogP contribution is -2.46. The number of likely N-dealkylation sites (tertiary alicyclic amines) is 1. The maximum atomic E-state index is 12.6. The Hall–Kier alpha value is -2.37. The van der Waals surface area contributed by atoms with Gasteiger partial charge in [0.2, 0.25) is 17.7 Å². The van der Waals surface area contributed by atoms with Crippen LogP contribution < -0.4 is 10.1 Å². The second kappa shape index (κ2) is 6.63. The van der Waals surface area contributed by atoms with Crippen LogP contribution in [0.15, 0.2) is 24.3 Å². The topological polar surface area (TPSA) is 75.7 Å². The van der Waals surface area contributed by atoms with Crippen molar-refractivity contribution in [3.05, 3.63) is 24.3 Å². The molecule has 1 saturated heterocycles. The number of carbonyl (C=O) groups excluding carboxylic acids is 3. The molecule has 1 N–H and O–H groups in total. The molecule has 24 heavy (non-hydrogen) atoms. The maximum Gasteiger partial charge on any atom is 0.247 e. The van der Waals surface area contributed by atoms with Gasteiger partial charge in [-0.2, -0.15) is 0 Å². The van der Waals surface area contributed by atoms with Gasteiger partial charge in [0, 0.05) is 0 Å². The highest BCUT2D eigenvalue weighted by Gasteiger charge is 2.50. The molecule has 1 aliphatic heterocycles. The van der Waals surface area contributed by atoms with Crippen molar-refractivity contribution in [3.8, 4) is 5.75 Å². The van der Waals surface area contributed by atoms with Crippen LogP contribution >= 0.6 is 0 Å². The number of fused-ring (bicyclic) bond motifs is 1. The van der Waals surface area contributed by atoms with E-state index >= 15 is 0 Å². The van der Waals surface area contributed by atoms with Crippen molar-refractivity contribution in [2.45, 2.75) is 38.6 Å². The van der Waals surface area contributed by atoms with Crippen LogP contribution in [0.3, 0.4) is 0 Å². The summed E-state index contributed by atoms with van der Waals surface area (Å²) in [7, 11) is 1.52. The van der Waals surface area contributed by atoms with Crippen molar-refractivity contribution < 1.29 is 19.1 Å². The smallest absolute Gasteiger partial charge is 0.247 e. The molecule has 1 heterocycles. The summed E-state index contributed by atoms with van der Waals surface area (Å²) in [5, 5.41) is 2.75. The molecule has 3 rings (SSSR count). The summed E-state index contributed by atoms with van der Waals surface area (Å²) in [6.45, 7) is 1.60. The zero-order valence-corrected chi connectivity index (χ0v) is 14.0. The third kappa shape index (κ3) is 2.77. The van der Waals surface area contributed by atoms with E-state index in [0.29, 0.717) is 11.4 Å². The number of amides is 3. The predicted octanol–water partition coefficient (Wildman–Crippen LogP) is 2.20. The number of carbonyl (C=O) groups is 3. The molecule has 1 saturated carbocycles. The molecule has 2 fully saturated rings. The van der Waals surface area contributed by atoms with Crippen molar-refractivity contribution in [1.82, 2.24) is 4.90 Å². The Balaban J connectivity index is 1.76. The van der Waals surface area contributed by atoms with Crippen LogP contribution in [0, 0.1) is 11.8 Å². The summed E-state index contributed by atoms with van der Waals surface area (Å²) in [5.74, 6) is -0.745. The second-order valence-electron chi connectivity index (χ2n) is 6.41. The number of anilines is 1. The molecule has 1 aliphatic carbocycles. The van der Waals surface area contributed by atoms with Crippen LogP contribution in [-0.2, 0) is 14.4 Å². The summed E-state index contributed by atoms with van der Waals surface area (Å²) in [6, 6.07) is 6.21. The van der Waals surface area contributed by atoms with Crippen LogP contribution in [0.5, 0.6) is 5.75 Å². The first-order chi connectivity index (χ1) is 11.5. The Kier molecular flexibility index (Phi) is 4.55. The van der Waals surface area contributed by atoms with Gasteiger partial charge in [-0.1, -0.05) is 25.0 Å². The first-order valence-electron chi connectivity index (χ1n) is 8.35. The zero-order valence-electron chi connectivity index (χ0n) is 14.0. The third-order valence-electron chi connectivity index (χ3n) is 5.01. The molecule has 0 bridgehead atoms. The Morgan fingerprint density at radius 1 is 1.17 bits per heavy atom. The maximum absolute atomic E-state index is 12.6. The van der Waals surface area contributed by atoms with Gasteiger partial charge in [0.25, 0.3) is 0 Å².